The normalized spacial score (nSPS) is 11.9. The van der Waals surface area contributed by atoms with Crippen LogP contribution in [0.5, 0.6) is 11.5 Å². The van der Waals surface area contributed by atoms with Crippen molar-refractivity contribution in [1.29, 1.82) is 0 Å². The van der Waals surface area contributed by atoms with Crippen LogP contribution in [0.1, 0.15) is 128 Å². The van der Waals surface area contributed by atoms with Gasteiger partial charge >= 0.3 is 0 Å². The first-order chi connectivity index (χ1) is 25.8. The Morgan fingerprint density at radius 3 is 1.26 bits per heavy atom. The highest BCUT2D eigenvalue weighted by Crippen LogP contribution is 2.38. The number of unbranched alkanes of at least 4 members (excludes halogenated alkanes) is 10. The van der Waals surface area contributed by atoms with E-state index >= 15 is 0 Å². The second-order valence-corrected chi connectivity index (χ2v) is 15.4. The minimum absolute atomic E-state index is 0.584. The monoisotopic (exact) mass is 712 g/mol. The van der Waals surface area contributed by atoms with Crippen molar-refractivity contribution in [2.45, 2.75) is 124 Å². The van der Waals surface area contributed by atoms with Crippen molar-refractivity contribution in [3.63, 3.8) is 0 Å². The van der Waals surface area contributed by atoms with Crippen LogP contribution in [0.3, 0.4) is 0 Å². The predicted octanol–water partition coefficient (Wildman–Crippen LogP) is 12.8. The highest BCUT2D eigenvalue weighted by Gasteiger charge is 2.36. The summed E-state index contributed by atoms with van der Waals surface area (Å²) in [6, 6.07) is 30.1. The van der Waals surface area contributed by atoms with Crippen molar-refractivity contribution in [2.24, 2.45) is 0 Å². The SMILES string of the molecule is CCCCCCCCOc1ccc(-n2c(C(C)(C)c3nc4ccc(C)cc4n3-c3ccc(OCCCCCCCC)cc3)nc3ccc(C)cc32)cc1. The second-order valence-electron chi connectivity index (χ2n) is 15.4. The standard InChI is InChI=1S/C47H60N4O2/c1-7-9-11-13-15-17-31-52-39-25-21-37(22-26-39)50-43-33-35(3)19-29-41(43)48-45(50)47(5,6)46-49-42-30-20-36(4)34-44(42)51(46)38-23-27-40(28-24-38)53-32-18-16-14-12-10-8-2/h19-30,33-34H,7-18,31-32H2,1-6H3. The highest BCUT2D eigenvalue weighted by molar-refractivity contribution is 5.81. The maximum atomic E-state index is 6.17. The molecule has 6 heteroatoms. The summed E-state index contributed by atoms with van der Waals surface area (Å²) in [4.78, 5) is 10.7. The van der Waals surface area contributed by atoms with E-state index < -0.39 is 5.41 Å². The number of aryl methyl sites for hydroxylation is 2. The molecule has 0 radical (unpaired) electrons. The molecule has 6 aromatic rings. The predicted molar refractivity (Wildman–Crippen MR) is 221 cm³/mol. The minimum atomic E-state index is -0.584. The number of ether oxygens (including phenoxy) is 2. The molecular weight excluding hydrogens is 653 g/mol. The van der Waals surface area contributed by atoms with E-state index in [1.165, 1.54) is 75.3 Å². The number of rotatable bonds is 20. The van der Waals surface area contributed by atoms with Crippen molar-refractivity contribution >= 4 is 22.1 Å². The fourth-order valence-electron chi connectivity index (χ4n) is 7.36. The van der Waals surface area contributed by atoms with Gasteiger partial charge in [0.15, 0.2) is 0 Å². The quantitative estimate of drug-likeness (QED) is 0.0740. The van der Waals surface area contributed by atoms with Gasteiger partial charge < -0.3 is 9.47 Å². The van der Waals surface area contributed by atoms with Crippen molar-refractivity contribution in [2.75, 3.05) is 13.2 Å². The fraction of sp³-hybridized carbons (Fsp3) is 0.447. The van der Waals surface area contributed by atoms with Crippen molar-refractivity contribution < 1.29 is 9.47 Å². The molecule has 0 amide bonds. The van der Waals surface area contributed by atoms with Gasteiger partial charge in [-0.15, -0.1) is 0 Å². The molecule has 0 saturated heterocycles. The summed E-state index contributed by atoms with van der Waals surface area (Å²) in [5.41, 5.74) is 8.02. The zero-order valence-corrected chi connectivity index (χ0v) is 33.1. The molecule has 0 unspecified atom stereocenters. The van der Waals surface area contributed by atoms with Crippen LogP contribution in [0.4, 0.5) is 0 Å². The molecule has 53 heavy (non-hydrogen) atoms. The van der Waals surface area contributed by atoms with Crippen molar-refractivity contribution in [3.8, 4) is 22.9 Å². The van der Waals surface area contributed by atoms with Crippen molar-refractivity contribution in [1.82, 2.24) is 19.1 Å². The maximum Gasteiger partial charge on any atom is 0.127 e. The summed E-state index contributed by atoms with van der Waals surface area (Å²) in [7, 11) is 0. The number of fused-ring (bicyclic) bond motifs is 2. The van der Waals surface area contributed by atoms with Crippen LogP contribution in [-0.2, 0) is 5.41 Å². The zero-order valence-electron chi connectivity index (χ0n) is 33.1. The molecule has 4 aromatic carbocycles. The molecule has 0 N–H and O–H groups in total. The lowest BCUT2D eigenvalue weighted by Gasteiger charge is -2.26. The van der Waals surface area contributed by atoms with Gasteiger partial charge in [0, 0.05) is 11.4 Å². The first-order valence-corrected chi connectivity index (χ1v) is 20.3. The van der Waals surface area contributed by atoms with E-state index in [-0.39, 0.29) is 0 Å². The smallest absolute Gasteiger partial charge is 0.127 e. The summed E-state index contributed by atoms with van der Waals surface area (Å²) in [5, 5.41) is 0. The molecule has 0 spiro atoms. The van der Waals surface area contributed by atoms with Crippen LogP contribution in [0.15, 0.2) is 84.9 Å². The topological polar surface area (TPSA) is 54.1 Å². The van der Waals surface area contributed by atoms with Crippen LogP contribution in [0.2, 0.25) is 0 Å². The Morgan fingerprint density at radius 1 is 0.491 bits per heavy atom. The lowest BCUT2D eigenvalue weighted by atomic mass is 9.90. The number of nitrogens with zero attached hydrogens (tertiary/aromatic N) is 4. The van der Waals surface area contributed by atoms with Gasteiger partial charge in [0.1, 0.15) is 23.1 Å². The average molecular weight is 713 g/mol. The minimum Gasteiger partial charge on any atom is -0.494 e. The van der Waals surface area contributed by atoms with Gasteiger partial charge in [0.25, 0.3) is 0 Å². The summed E-state index contributed by atoms with van der Waals surface area (Å²) in [6.45, 7) is 14.8. The third-order valence-corrected chi connectivity index (χ3v) is 10.5. The number of hydrogen-bond donors (Lipinski definition) is 0. The molecule has 2 aromatic heterocycles. The van der Waals surface area contributed by atoms with E-state index in [1.807, 2.05) is 0 Å². The van der Waals surface area contributed by atoms with E-state index in [0.29, 0.717) is 0 Å². The molecule has 0 aliphatic heterocycles. The van der Waals surface area contributed by atoms with Crippen LogP contribution < -0.4 is 9.47 Å². The average Bonchev–Trinajstić information content (AvgIpc) is 3.74. The van der Waals surface area contributed by atoms with E-state index in [1.54, 1.807) is 0 Å². The molecule has 2 heterocycles. The third-order valence-electron chi connectivity index (χ3n) is 10.5. The number of imidazole rings is 2. The number of aromatic nitrogens is 4. The first-order valence-electron chi connectivity index (χ1n) is 20.3. The Bertz CT molecular complexity index is 1910. The Kier molecular flexibility index (Phi) is 12.9. The lowest BCUT2D eigenvalue weighted by Crippen LogP contribution is -2.28. The van der Waals surface area contributed by atoms with Gasteiger partial charge in [-0.05, 0) is 124 Å². The van der Waals surface area contributed by atoms with Crippen LogP contribution in [0.25, 0.3) is 33.4 Å². The van der Waals surface area contributed by atoms with Crippen LogP contribution >= 0.6 is 0 Å². The molecule has 0 aliphatic carbocycles. The summed E-state index contributed by atoms with van der Waals surface area (Å²) in [5.74, 6) is 3.68. The van der Waals surface area contributed by atoms with E-state index in [0.717, 1.165) is 82.6 Å². The molecule has 0 bridgehead atoms. The number of hydrogen-bond acceptors (Lipinski definition) is 4. The molecular formula is C47H60N4O2. The molecule has 6 rings (SSSR count). The Hall–Kier alpha value is -4.58. The van der Waals surface area contributed by atoms with E-state index in [9.17, 15) is 0 Å². The van der Waals surface area contributed by atoms with E-state index in [4.69, 9.17) is 19.4 Å². The van der Waals surface area contributed by atoms with Gasteiger partial charge in [-0.25, -0.2) is 9.97 Å². The maximum absolute atomic E-state index is 6.17. The molecule has 6 nitrogen and oxygen atoms in total. The molecule has 280 valence electrons. The first kappa shape index (κ1) is 38.2. The fourth-order valence-corrected chi connectivity index (χ4v) is 7.36. The highest BCUT2D eigenvalue weighted by atomic mass is 16.5. The van der Waals surface area contributed by atoms with Gasteiger partial charge in [-0.1, -0.05) is 90.2 Å². The zero-order chi connectivity index (χ0) is 37.2. The summed E-state index contributed by atoms with van der Waals surface area (Å²) in [6.07, 6.45) is 15.0. The van der Waals surface area contributed by atoms with Gasteiger partial charge in [0.05, 0.1) is 40.7 Å². The largest absolute Gasteiger partial charge is 0.494 e. The third kappa shape index (κ3) is 9.15. The molecule has 0 fully saturated rings. The lowest BCUT2D eigenvalue weighted by molar-refractivity contribution is 0.304. The molecule has 0 saturated carbocycles. The Morgan fingerprint density at radius 2 is 0.868 bits per heavy atom. The Labute approximate surface area is 317 Å². The van der Waals surface area contributed by atoms with Crippen molar-refractivity contribution in [3.05, 3.63) is 108 Å². The summed E-state index contributed by atoms with van der Waals surface area (Å²) >= 11 is 0. The van der Waals surface area contributed by atoms with Gasteiger partial charge in [-0.3, -0.25) is 9.13 Å². The van der Waals surface area contributed by atoms with Gasteiger partial charge in [0.2, 0.25) is 0 Å². The summed E-state index contributed by atoms with van der Waals surface area (Å²) < 4.78 is 17.0. The second kappa shape index (κ2) is 18.0. The van der Waals surface area contributed by atoms with Gasteiger partial charge in [-0.2, -0.15) is 0 Å². The number of benzene rings is 4. The van der Waals surface area contributed by atoms with Crippen LogP contribution in [0, 0.1) is 13.8 Å². The van der Waals surface area contributed by atoms with Crippen LogP contribution in [-0.4, -0.2) is 32.3 Å². The Balaban J connectivity index is 1.31. The van der Waals surface area contributed by atoms with E-state index in [2.05, 4.69) is 136 Å². The molecule has 0 atom stereocenters. The molecule has 0 aliphatic rings.